The highest BCUT2D eigenvalue weighted by Crippen LogP contribution is 2.33. The van der Waals surface area contributed by atoms with Gasteiger partial charge in [0.05, 0.1) is 5.39 Å². The van der Waals surface area contributed by atoms with Crippen LogP contribution in [0.25, 0.3) is 17.1 Å². The van der Waals surface area contributed by atoms with Crippen molar-refractivity contribution < 1.29 is 9.53 Å². The van der Waals surface area contributed by atoms with Gasteiger partial charge in [0.2, 0.25) is 5.88 Å². The molecule has 2 aromatic heterocycles. The quantitative estimate of drug-likeness (QED) is 0.858. The summed E-state index contributed by atoms with van der Waals surface area (Å²) in [7, 11) is 0. The van der Waals surface area contributed by atoms with E-state index in [1.54, 1.807) is 6.08 Å². The van der Waals surface area contributed by atoms with Crippen LogP contribution in [-0.4, -0.2) is 26.3 Å². The van der Waals surface area contributed by atoms with E-state index in [1.807, 2.05) is 33.0 Å². The van der Waals surface area contributed by atoms with Crippen molar-refractivity contribution in [1.29, 1.82) is 0 Å². The topological polar surface area (TPSA) is 67.9 Å². The minimum absolute atomic E-state index is 0.173. The first-order valence-corrected chi connectivity index (χ1v) is 7.64. The number of nitrogens with one attached hydrogen (secondary N) is 1. The number of ether oxygens (including phenoxy) is 1. The SMILES string of the molecule is CC(C)(C)Oc1ncnc2[nH]cc(/C=C/C(=O)CC3CC3)c12. The standard InChI is InChI=1S/C17H21N3O2/c1-17(2,3)22-16-14-12(9-18-15(14)19-10-20-16)6-7-13(21)8-11-4-5-11/h6-7,9-11H,4-5,8H2,1-3H3,(H,18,19,20)/b7-6+. The zero-order valence-corrected chi connectivity index (χ0v) is 13.2. The number of rotatable bonds is 5. The highest BCUT2D eigenvalue weighted by Gasteiger charge is 2.23. The number of hydrogen-bond acceptors (Lipinski definition) is 4. The summed E-state index contributed by atoms with van der Waals surface area (Å²) in [6.45, 7) is 5.92. The summed E-state index contributed by atoms with van der Waals surface area (Å²) in [6.07, 6.45) is 9.80. The van der Waals surface area contributed by atoms with E-state index in [0.717, 1.165) is 10.9 Å². The molecule has 5 nitrogen and oxygen atoms in total. The first kappa shape index (κ1) is 14.8. The predicted molar refractivity (Wildman–Crippen MR) is 85.7 cm³/mol. The molecule has 116 valence electrons. The molecule has 0 atom stereocenters. The Labute approximate surface area is 129 Å². The third-order valence-corrected chi connectivity index (χ3v) is 3.50. The molecule has 1 N–H and O–H groups in total. The van der Waals surface area contributed by atoms with Gasteiger partial charge in [0.25, 0.3) is 0 Å². The lowest BCUT2D eigenvalue weighted by Crippen LogP contribution is -2.23. The lowest BCUT2D eigenvalue weighted by Gasteiger charge is -2.20. The van der Waals surface area contributed by atoms with Crippen molar-refractivity contribution in [3.63, 3.8) is 0 Å². The smallest absolute Gasteiger partial charge is 0.227 e. The molecule has 1 saturated carbocycles. The molecule has 22 heavy (non-hydrogen) atoms. The molecule has 1 aliphatic rings. The third kappa shape index (κ3) is 3.53. The molecule has 0 radical (unpaired) electrons. The Kier molecular flexibility index (Phi) is 3.72. The van der Waals surface area contributed by atoms with Crippen LogP contribution in [0, 0.1) is 5.92 Å². The number of hydrogen-bond donors (Lipinski definition) is 1. The minimum atomic E-state index is -0.346. The van der Waals surface area contributed by atoms with Crippen molar-refractivity contribution in [2.45, 2.75) is 45.6 Å². The maximum Gasteiger partial charge on any atom is 0.227 e. The van der Waals surface area contributed by atoms with E-state index in [9.17, 15) is 4.79 Å². The average Bonchev–Trinajstić information content (AvgIpc) is 3.13. The molecule has 0 aliphatic heterocycles. The fourth-order valence-electron chi connectivity index (χ4n) is 2.31. The van der Waals surface area contributed by atoms with Crippen LogP contribution < -0.4 is 4.74 Å². The Morgan fingerprint density at radius 2 is 2.18 bits per heavy atom. The molecule has 2 aromatic rings. The maximum atomic E-state index is 11.9. The number of carbonyl (C=O) groups is 1. The molecule has 0 amide bonds. The van der Waals surface area contributed by atoms with Gasteiger partial charge in [-0.25, -0.2) is 9.97 Å². The van der Waals surface area contributed by atoms with Crippen LogP contribution in [0.2, 0.25) is 0 Å². The van der Waals surface area contributed by atoms with Crippen LogP contribution in [0.3, 0.4) is 0 Å². The van der Waals surface area contributed by atoms with E-state index in [2.05, 4.69) is 15.0 Å². The molecule has 3 rings (SSSR count). The molecule has 2 heterocycles. The zero-order valence-electron chi connectivity index (χ0n) is 13.2. The van der Waals surface area contributed by atoms with Gasteiger partial charge < -0.3 is 9.72 Å². The van der Waals surface area contributed by atoms with E-state index in [4.69, 9.17) is 4.74 Å². The molecule has 0 aromatic carbocycles. The fourth-order valence-corrected chi connectivity index (χ4v) is 2.31. The van der Waals surface area contributed by atoms with Crippen molar-refractivity contribution in [2.24, 2.45) is 5.92 Å². The van der Waals surface area contributed by atoms with Gasteiger partial charge >= 0.3 is 0 Å². The van der Waals surface area contributed by atoms with Gasteiger partial charge in [-0.15, -0.1) is 0 Å². The van der Waals surface area contributed by atoms with Gasteiger partial charge in [-0.05, 0) is 51.7 Å². The Morgan fingerprint density at radius 1 is 1.41 bits per heavy atom. The lowest BCUT2D eigenvalue weighted by atomic mass is 10.1. The molecular formula is C17H21N3O2. The predicted octanol–water partition coefficient (Wildman–Crippen LogP) is 3.52. The number of fused-ring (bicyclic) bond motifs is 1. The van der Waals surface area contributed by atoms with E-state index >= 15 is 0 Å². The first-order chi connectivity index (χ1) is 10.4. The second-order valence-corrected chi connectivity index (χ2v) is 6.81. The van der Waals surface area contributed by atoms with E-state index in [1.165, 1.54) is 19.2 Å². The average molecular weight is 299 g/mol. The summed E-state index contributed by atoms with van der Waals surface area (Å²) in [4.78, 5) is 23.4. The molecule has 5 heteroatoms. The van der Waals surface area contributed by atoms with Gasteiger partial charge in [0, 0.05) is 18.2 Å². The number of allylic oxidation sites excluding steroid dienone is 1. The Morgan fingerprint density at radius 3 is 2.86 bits per heavy atom. The first-order valence-electron chi connectivity index (χ1n) is 7.64. The van der Waals surface area contributed by atoms with Crippen molar-refractivity contribution in [3.8, 4) is 5.88 Å². The summed E-state index contributed by atoms with van der Waals surface area (Å²) in [5.74, 6) is 1.31. The van der Waals surface area contributed by atoms with Gasteiger partial charge in [0.15, 0.2) is 5.78 Å². The van der Waals surface area contributed by atoms with E-state index < -0.39 is 0 Å². The largest absolute Gasteiger partial charge is 0.471 e. The minimum Gasteiger partial charge on any atom is -0.471 e. The number of nitrogens with zero attached hydrogens (tertiary/aromatic N) is 2. The molecule has 1 aliphatic carbocycles. The van der Waals surface area contributed by atoms with Crippen LogP contribution in [0.1, 0.15) is 45.6 Å². The Bertz CT molecular complexity index is 721. The lowest BCUT2D eigenvalue weighted by molar-refractivity contribution is -0.114. The van der Waals surface area contributed by atoms with Crippen LogP contribution in [0.5, 0.6) is 5.88 Å². The molecule has 0 spiro atoms. The van der Waals surface area contributed by atoms with Crippen LogP contribution in [-0.2, 0) is 4.79 Å². The second-order valence-electron chi connectivity index (χ2n) is 6.81. The number of H-pyrrole nitrogens is 1. The van der Waals surface area contributed by atoms with Gasteiger partial charge in [-0.3, -0.25) is 4.79 Å². The fraction of sp³-hybridized carbons (Fsp3) is 0.471. The summed E-state index contributed by atoms with van der Waals surface area (Å²) >= 11 is 0. The van der Waals surface area contributed by atoms with Crippen LogP contribution in [0.15, 0.2) is 18.6 Å². The van der Waals surface area contributed by atoms with Crippen molar-refractivity contribution in [1.82, 2.24) is 15.0 Å². The molecule has 0 saturated heterocycles. The highest BCUT2D eigenvalue weighted by molar-refractivity contribution is 5.98. The van der Waals surface area contributed by atoms with Crippen molar-refractivity contribution in [3.05, 3.63) is 24.2 Å². The van der Waals surface area contributed by atoms with Crippen LogP contribution >= 0.6 is 0 Å². The molecule has 0 unspecified atom stereocenters. The van der Waals surface area contributed by atoms with E-state index in [0.29, 0.717) is 23.9 Å². The van der Waals surface area contributed by atoms with Crippen LogP contribution in [0.4, 0.5) is 0 Å². The zero-order chi connectivity index (χ0) is 15.7. The van der Waals surface area contributed by atoms with Gasteiger partial charge in [-0.2, -0.15) is 0 Å². The normalized spacial score (nSPS) is 15.6. The Balaban J connectivity index is 1.88. The third-order valence-electron chi connectivity index (χ3n) is 3.50. The summed E-state index contributed by atoms with van der Waals surface area (Å²) < 4.78 is 5.91. The number of aromatic nitrogens is 3. The summed E-state index contributed by atoms with van der Waals surface area (Å²) in [5, 5.41) is 0.813. The maximum absolute atomic E-state index is 11.9. The summed E-state index contributed by atoms with van der Waals surface area (Å²) in [5.41, 5.74) is 1.24. The van der Waals surface area contributed by atoms with Gasteiger partial charge in [-0.1, -0.05) is 0 Å². The van der Waals surface area contributed by atoms with E-state index in [-0.39, 0.29) is 11.4 Å². The monoisotopic (exact) mass is 299 g/mol. The number of ketones is 1. The molecule has 1 fully saturated rings. The number of aromatic amines is 1. The molecular weight excluding hydrogens is 278 g/mol. The highest BCUT2D eigenvalue weighted by atomic mass is 16.5. The van der Waals surface area contributed by atoms with Crippen molar-refractivity contribution >= 4 is 22.9 Å². The molecule has 0 bridgehead atoms. The Hall–Kier alpha value is -2.17. The van der Waals surface area contributed by atoms with Crippen molar-refractivity contribution in [2.75, 3.05) is 0 Å². The van der Waals surface area contributed by atoms with Gasteiger partial charge in [0.1, 0.15) is 17.6 Å². The summed E-state index contributed by atoms with van der Waals surface area (Å²) in [6, 6.07) is 0. The number of carbonyl (C=O) groups excluding carboxylic acids is 1. The second kappa shape index (κ2) is 5.55.